The third kappa shape index (κ3) is 7.28. The van der Waals surface area contributed by atoms with E-state index in [2.05, 4.69) is 37.2 Å². The Labute approximate surface area is 129 Å². The number of unbranched alkanes of at least 4 members (excludes halogenated alkanes) is 2. The van der Waals surface area contributed by atoms with E-state index in [-0.39, 0.29) is 0 Å². The second kappa shape index (κ2) is 10.2. The minimum absolute atomic E-state index is 0.621. The molecule has 1 unspecified atom stereocenters. The number of rotatable bonds is 10. The van der Waals surface area contributed by atoms with E-state index in [9.17, 15) is 0 Å². The van der Waals surface area contributed by atoms with Crippen molar-refractivity contribution in [1.82, 2.24) is 10.2 Å². The average Bonchev–Trinajstić information content (AvgIpc) is 2.42. The molecule has 0 spiro atoms. The molecule has 0 aliphatic rings. The van der Waals surface area contributed by atoms with Gasteiger partial charge in [0.25, 0.3) is 0 Å². The van der Waals surface area contributed by atoms with E-state index in [1.54, 1.807) is 0 Å². The number of nitrogens with zero attached hydrogens (tertiary/aromatic N) is 1. The standard InChI is InChI=1S/C17H29ClN2/c1-4-5-6-9-15(2)19-12-13-20(3)14-16-10-7-8-11-17(16)18/h7-8,10-11,15,19H,4-6,9,12-14H2,1-3H3. The Bertz CT molecular complexity index is 368. The maximum Gasteiger partial charge on any atom is 0.0451 e. The molecule has 0 radical (unpaired) electrons. The van der Waals surface area contributed by atoms with Crippen LogP contribution in [0.4, 0.5) is 0 Å². The van der Waals surface area contributed by atoms with Crippen LogP contribution < -0.4 is 5.32 Å². The largest absolute Gasteiger partial charge is 0.313 e. The first-order valence-corrected chi connectivity index (χ1v) is 8.16. The van der Waals surface area contributed by atoms with Gasteiger partial charge in [0.05, 0.1) is 0 Å². The zero-order valence-electron chi connectivity index (χ0n) is 13.2. The van der Waals surface area contributed by atoms with E-state index in [4.69, 9.17) is 11.6 Å². The molecule has 0 saturated carbocycles. The fourth-order valence-corrected chi connectivity index (χ4v) is 2.50. The molecule has 1 aromatic carbocycles. The van der Waals surface area contributed by atoms with Crippen LogP contribution in [0.1, 0.15) is 45.1 Å². The smallest absolute Gasteiger partial charge is 0.0451 e. The van der Waals surface area contributed by atoms with Gasteiger partial charge in [-0.25, -0.2) is 0 Å². The quantitative estimate of drug-likeness (QED) is 0.647. The van der Waals surface area contributed by atoms with Crippen LogP contribution in [0.15, 0.2) is 24.3 Å². The van der Waals surface area contributed by atoms with Gasteiger partial charge in [0.2, 0.25) is 0 Å². The highest BCUT2D eigenvalue weighted by atomic mass is 35.5. The number of likely N-dealkylation sites (N-methyl/N-ethyl adjacent to an activating group) is 1. The van der Waals surface area contributed by atoms with E-state index in [1.807, 2.05) is 18.2 Å². The van der Waals surface area contributed by atoms with Crippen LogP contribution in [0.3, 0.4) is 0 Å². The molecule has 20 heavy (non-hydrogen) atoms. The van der Waals surface area contributed by atoms with Gasteiger partial charge >= 0.3 is 0 Å². The molecule has 3 heteroatoms. The monoisotopic (exact) mass is 296 g/mol. The van der Waals surface area contributed by atoms with Gasteiger partial charge in [0.1, 0.15) is 0 Å². The van der Waals surface area contributed by atoms with Gasteiger partial charge in [-0.1, -0.05) is 56.0 Å². The summed E-state index contributed by atoms with van der Waals surface area (Å²) < 4.78 is 0. The second-order valence-corrected chi connectivity index (χ2v) is 6.09. The summed E-state index contributed by atoms with van der Waals surface area (Å²) in [4.78, 5) is 2.31. The number of halogens is 1. The fraction of sp³-hybridized carbons (Fsp3) is 0.647. The molecule has 1 aromatic rings. The number of benzene rings is 1. The molecule has 1 atom stereocenters. The zero-order valence-corrected chi connectivity index (χ0v) is 13.9. The number of hydrogen-bond acceptors (Lipinski definition) is 2. The molecule has 114 valence electrons. The van der Waals surface area contributed by atoms with Crippen molar-refractivity contribution in [1.29, 1.82) is 0 Å². The summed E-state index contributed by atoms with van der Waals surface area (Å²) in [6.07, 6.45) is 5.26. The summed E-state index contributed by atoms with van der Waals surface area (Å²) in [5.74, 6) is 0. The second-order valence-electron chi connectivity index (χ2n) is 5.68. The third-order valence-electron chi connectivity index (χ3n) is 3.63. The van der Waals surface area contributed by atoms with Crippen LogP contribution in [0.2, 0.25) is 5.02 Å². The van der Waals surface area contributed by atoms with E-state index < -0.39 is 0 Å². The Kier molecular flexibility index (Phi) is 8.92. The van der Waals surface area contributed by atoms with Crippen molar-refractivity contribution in [3.63, 3.8) is 0 Å². The van der Waals surface area contributed by atoms with Gasteiger partial charge in [-0.3, -0.25) is 0 Å². The first-order valence-electron chi connectivity index (χ1n) is 7.78. The summed E-state index contributed by atoms with van der Waals surface area (Å²) in [6, 6.07) is 8.70. The van der Waals surface area contributed by atoms with Crippen LogP contribution >= 0.6 is 11.6 Å². The van der Waals surface area contributed by atoms with Crippen molar-refractivity contribution < 1.29 is 0 Å². The Morgan fingerprint density at radius 1 is 1.25 bits per heavy atom. The Hall–Kier alpha value is -0.570. The first-order chi connectivity index (χ1) is 9.63. The maximum absolute atomic E-state index is 6.18. The van der Waals surface area contributed by atoms with Crippen LogP contribution in [-0.4, -0.2) is 31.1 Å². The summed E-state index contributed by atoms with van der Waals surface area (Å²) in [6.45, 7) is 7.52. The highest BCUT2D eigenvalue weighted by molar-refractivity contribution is 6.31. The van der Waals surface area contributed by atoms with E-state index in [0.29, 0.717) is 6.04 Å². The summed E-state index contributed by atoms with van der Waals surface area (Å²) in [7, 11) is 2.15. The van der Waals surface area contributed by atoms with Gasteiger partial charge in [-0.2, -0.15) is 0 Å². The molecule has 2 nitrogen and oxygen atoms in total. The normalized spacial score (nSPS) is 12.8. The van der Waals surface area contributed by atoms with Gasteiger partial charge in [0, 0.05) is 30.7 Å². The van der Waals surface area contributed by atoms with Gasteiger partial charge in [-0.15, -0.1) is 0 Å². The van der Waals surface area contributed by atoms with Crippen LogP contribution in [-0.2, 0) is 6.54 Å². The maximum atomic E-state index is 6.18. The molecule has 0 aliphatic carbocycles. The van der Waals surface area contributed by atoms with Crippen LogP contribution in [0.5, 0.6) is 0 Å². The van der Waals surface area contributed by atoms with Crippen molar-refractivity contribution in [3.05, 3.63) is 34.9 Å². The number of nitrogens with one attached hydrogen (secondary N) is 1. The molecule has 0 bridgehead atoms. The van der Waals surface area contributed by atoms with Crippen LogP contribution in [0, 0.1) is 0 Å². The lowest BCUT2D eigenvalue weighted by Gasteiger charge is -2.20. The average molecular weight is 297 g/mol. The molecular formula is C17H29ClN2. The molecular weight excluding hydrogens is 268 g/mol. The predicted octanol–water partition coefficient (Wildman–Crippen LogP) is 4.33. The summed E-state index contributed by atoms with van der Waals surface area (Å²) >= 11 is 6.18. The van der Waals surface area contributed by atoms with Crippen molar-refractivity contribution in [2.24, 2.45) is 0 Å². The number of hydrogen-bond donors (Lipinski definition) is 1. The fourth-order valence-electron chi connectivity index (χ4n) is 2.30. The SMILES string of the molecule is CCCCCC(C)NCCN(C)Cc1ccccc1Cl. The Morgan fingerprint density at radius 2 is 2.00 bits per heavy atom. The van der Waals surface area contributed by atoms with E-state index in [1.165, 1.54) is 31.2 Å². The van der Waals surface area contributed by atoms with Crippen molar-refractivity contribution >= 4 is 11.6 Å². The lowest BCUT2D eigenvalue weighted by Crippen LogP contribution is -2.34. The third-order valence-corrected chi connectivity index (χ3v) is 3.99. The van der Waals surface area contributed by atoms with Gasteiger partial charge in [-0.05, 0) is 32.0 Å². The molecule has 0 amide bonds. The predicted molar refractivity (Wildman–Crippen MR) is 89.4 cm³/mol. The Morgan fingerprint density at radius 3 is 2.70 bits per heavy atom. The van der Waals surface area contributed by atoms with Gasteiger partial charge < -0.3 is 10.2 Å². The molecule has 0 aromatic heterocycles. The minimum atomic E-state index is 0.621. The molecule has 0 aliphatic heterocycles. The first kappa shape index (κ1) is 17.5. The molecule has 0 heterocycles. The molecule has 1 rings (SSSR count). The molecule has 0 fully saturated rings. The Balaban J connectivity index is 2.17. The summed E-state index contributed by atoms with van der Waals surface area (Å²) in [5.41, 5.74) is 1.20. The minimum Gasteiger partial charge on any atom is -0.313 e. The topological polar surface area (TPSA) is 15.3 Å². The lowest BCUT2D eigenvalue weighted by molar-refractivity contribution is 0.316. The highest BCUT2D eigenvalue weighted by Crippen LogP contribution is 2.16. The lowest BCUT2D eigenvalue weighted by atomic mass is 10.1. The van der Waals surface area contributed by atoms with E-state index >= 15 is 0 Å². The van der Waals surface area contributed by atoms with Crippen molar-refractivity contribution in [3.8, 4) is 0 Å². The van der Waals surface area contributed by atoms with Crippen molar-refractivity contribution in [2.45, 2.75) is 52.1 Å². The molecule has 0 saturated heterocycles. The van der Waals surface area contributed by atoms with Crippen LogP contribution in [0.25, 0.3) is 0 Å². The van der Waals surface area contributed by atoms with Crippen molar-refractivity contribution in [2.75, 3.05) is 20.1 Å². The van der Waals surface area contributed by atoms with Gasteiger partial charge in [0.15, 0.2) is 0 Å². The summed E-state index contributed by atoms with van der Waals surface area (Å²) in [5, 5.41) is 4.46. The molecule has 1 N–H and O–H groups in total. The zero-order chi connectivity index (χ0) is 14.8. The highest BCUT2D eigenvalue weighted by Gasteiger charge is 2.05. The van der Waals surface area contributed by atoms with E-state index in [0.717, 1.165) is 24.7 Å².